The summed E-state index contributed by atoms with van der Waals surface area (Å²) in [7, 11) is 3.91. The average Bonchev–Trinajstić information content (AvgIpc) is 2.57. The van der Waals surface area contributed by atoms with E-state index in [2.05, 4.69) is 29.1 Å². The zero-order valence-electron chi connectivity index (χ0n) is 15.7. The molecule has 0 spiro atoms. The van der Waals surface area contributed by atoms with E-state index in [1.54, 1.807) is 11.9 Å². The van der Waals surface area contributed by atoms with Gasteiger partial charge in [0.25, 0.3) is 0 Å². The molecule has 1 heterocycles. The molecule has 2 N–H and O–H groups in total. The molecule has 3 atom stereocenters. The van der Waals surface area contributed by atoms with Gasteiger partial charge < -0.3 is 20.2 Å². The second-order valence-electron chi connectivity index (χ2n) is 7.73. The summed E-state index contributed by atoms with van der Waals surface area (Å²) in [5.74, 6) is 0.747. The highest BCUT2D eigenvalue weighted by atomic mass is 16.3. The Labute approximate surface area is 147 Å². The van der Waals surface area contributed by atoms with E-state index in [1.165, 1.54) is 19.3 Å². The van der Waals surface area contributed by atoms with E-state index in [4.69, 9.17) is 0 Å². The Morgan fingerprint density at radius 3 is 2.67 bits per heavy atom. The number of hydrogen-bond donors (Lipinski definition) is 2. The minimum absolute atomic E-state index is 0.0471. The Bertz CT molecular complexity index is 385. The number of nitrogens with one attached hydrogen (secondary N) is 1. The normalized spacial score (nSPS) is 27.7. The molecule has 2 rings (SSSR count). The maximum Gasteiger partial charge on any atom is 0.317 e. The van der Waals surface area contributed by atoms with Crippen molar-refractivity contribution in [3.63, 3.8) is 0 Å². The molecule has 1 saturated carbocycles. The number of nitrogens with zero attached hydrogens (tertiary/aromatic N) is 3. The number of amides is 2. The van der Waals surface area contributed by atoms with Gasteiger partial charge in [-0.05, 0) is 25.8 Å². The van der Waals surface area contributed by atoms with Crippen molar-refractivity contribution in [2.45, 2.75) is 51.2 Å². The second-order valence-corrected chi connectivity index (χ2v) is 7.73. The lowest BCUT2D eigenvalue weighted by molar-refractivity contribution is 0.0652. The van der Waals surface area contributed by atoms with Crippen molar-refractivity contribution < 1.29 is 9.90 Å². The van der Waals surface area contributed by atoms with Crippen LogP contribution in [0, 0.1) is 5.92 Å². The quantitative estimate of drug-likeness (QED) is 0.763. The molecule has 0 bridgehead atoms. The molecule has 140 valence electrons. The number of urea groups is 1. The predicted octanol–water partition coefficient (Wildman–Crippen LogP) is 1.20. The maximum absolute atomic E-state index is 12.4. The van der Waals surface area contributed by atoms with Gasteiger partial charge in [-0.15, -0.1) is 0 Å². The number of likely N-dealkylation sites (N-methyl/N-ethyl adjacent to an activating group) is 2. The predicted molar refractivity (Wildman–Crippen MR) is 97.1 cm³/mol. The van der Waals surface area contributed by atoms with E-state index in [0.29, 0.717) is 19.1 Å². The van der Waals surface area contributed by atoms with Gasteiger partial charge in [-0.25, -0.2) is 4.79 Å². The fourth-order valence-corrected chi connectivity index (χ4v) is 3.86. The van der Waals surface area contributed by atoms with Crippen LogP contribution in [0.3, 0.4) is 0 Å². The number of β-amino-alcohol motifs (C(OH)–C–C–N with tert-alkyl or cyclic N) is 1. The Hall–Kier alpha value is -0.850. The van der Waals surface area contributed by atoms with E-state index >= 15 is 0 Å². The van der Waals surface area contributed by atoms with Crippen molar-refractivity contribution in [3.8, 4) is 0 Å². The van der Waals surface area contributed by atoms with E-state index in [1.807, 2.05) is 0 Å². The van der Waals surface area contributed by atoms with Crippen LogP contribution in [-0.2, 0) is 0 Å². The summed E-state index contributed by atoms with van der Waals surface area (Å²) in [6.07, 6.45) is 5.40. The minimum Gasteiger partial charge on any atom is -0.390 e. The van der Waals surface area contributed by atoms with E-state index in [9.17, 15) is 9.90 Å². The van der Waals surface area contributed by atoms with Crippen molar-refractivity contribution in [2.24, 2.45) is 5.92 Å². The molecule has 0 radical (unpaired) electrons. The first-order valence-corrected chi connectivity index (χ1v) is 9.58. The molecule has 1 aliphatic heterocycles. The Morgan fingerprint density at radius 1 is 1.29 bits per heavy atom. The molecule has 24 heavy (non-hydrogen) atoms. The standard InChI is InChI=1S/C18H36N4O2/c1-4-15-6-5-7-16(12-15)19-18(24)21(3)13-17(23)14-22-10-8-20(2)9-11-22/h15-17,23H,4-14H2,1-3H3,(H,19,24)/t15-,16+,17+/m1/s1. The highest BCUT2D eigenvalue weighted by molar-refractivity contribution is 5.74. The van der Waals surface area contributed by atoms with E-state index in [0.717, 1.165) is 44.9 Å². The molecule has 0 aromatic heterocycles. The van der Waals surface area contributed by atoms with Gasteiger partial charge in [0, 0.05) is 52.4 Å². The second kappa shape index (κ2) is 9.59. The SMILES string of the molecule is CC[C@@H]1CCC[C@H](NC(=O)N(C)C[C@H](O)CN2CCN(C)CC2)C1. The first-order valence-electron chi connectivity index (χ1n) is 9.58. The van der Waals surface area contributed by atoms with Crippen LogP contribution in [0.1, 0.15) is 39.0 Å². The molecular formula is C18H36N4O2. The van der Waals surface area contributed by atoms with Crippen molar-refractivity contribution in [3.05, 3.63) is 0 Å². The van der Waals surface area contributed by atoms with Crippen LogP contribution in [0.25, 0.3) is 0 Å². The minimum atomic E-state index is -0.487. The van der Waals surface area contributed by atoms with Crippen molar-refractivity contribution in [2.75, 3.05) is 53.4 Å². The van der Waals surface area contributed by atoms with Gasteiger partial charge >= 0.3 is 6.03 Å². The van der Waals surface area contributed by atoms with Crippen LogP contribution in [-0.4, -0.2) is 91.3 Å². The molecule has 1 saturated heterocycles. The molecule has 2 aliphatic rings. The lowest BCUT2D eigenvalue weighted by Crippen LogP contribution is -2.51. The topological polar surface area (TPSA) is 59.1 Å². The van der Waals surface area contributed by atoms with Crippen molar-refractivity contribution >= 4 is 6.03 Å². The number of rotatable bonds is 6. The number of hydrogen-bond acceptors (Lipinski definition) is 4. The van der Waals surface area contributed by atoms with Gasteiger partial charge in [-0.2, -0.15) is 0 Å². The molecule has 0 aromatic carbocycles. The van der Waals surface area contributed by atoms with Gasteiger partial charge in [0.2, 0.25) is 0 Å². The third-order valence-corrected chi connectivity index (χ3v) is 5.58. The number of aliphatic hydroxyl groups excluding tert-OH is 1. The van der Waals surface area contributed by atoms with Gasteiger partial charge in [0.15, 0.2) is 0 Å². The molecule has 2 amide bonds. The summed E-state index contributed by atoms with van der Waals surface area (Å²) in [5.41, 5.74) is 0. The molecule has 0 unspecified atom stereocenters. The van der Waals surface area contributed by atoms with Crippen LogP contribution in [0.4, 0.5) is 4.79 Å². The zero-order valence-corrected chi connectivity index (χ0v) is 15.7. The highest BCUT2D eigenvalue weighted by Gasteiger charge is 2.24. The summed E-state index contributed by atoms with van der Waals surface area (Å²) in [6.45, 7) is 7.34. The summed E-state index contributed by atoms with van der Waals surface area (Å²) in [5, 5.41) is 13.4. The Morgan fingerprint density at radius 2 is 2.00 bits per heavy atom. The van der Waals surface area contributed by atoms with Gasteiger partial charge in [-0.3, -0.25) is 4.90 Å². The molecule has 2 fully saturated rings. The fraction of sp³-hybridized carbons (Fsp3) is 0.944. The monoisotopic (exact) mass is 340 g/mol. The van der Waals surface area contributed by atoms with Crippen LogP contribution in [0.15, 0.2) is 0 Å². The lowest BCUT2D eigenvalue weighted by Gasteiger charge is -2.34. The van der Waals surface area contributed by atoms with E-state index < -0.39 is 6.10 Å². The smallest absolute Gasteiger partial charge is 0.317 e. The molecule has 6 nitrogen and oxygen atoms in total. The summed E-state index contributed by atoms with van der Waals surface area (Å²) in [4.78, 5) is 18.6. The first-order chi connectivity index (χ1) is 11.5. The van der Waals surface area contributed by atoms with Crippen LogP contribution in [0.2, 0.25) is 0 Å². The largest absolute Gasteiger partial charge is 0.390 e. The maximum atomic E-state index is 12.4. The third-order valence-electron chi connectivity index (χ3n) is 5.58. The molecular weight excluding hydrogens is 304 g/mol. The third kappa shape index (κ3) is 6.22. The van der Waals surface area contributed by atoms with Crippen LogP contribution < -0.4 is 5.32 Å². The average molecular weight is 341 g/mol. The van der Waals surface area contributed by atoms with Crippen LogP contribution >= 0.6 is 0 Å². The van der Waals surface area contributed by atoms with Crippen LogP contribution in [0.5, 0.6) is 0 Å². The highest BCUT2D eigenvalue weighted by Crippen LogP contribution is 2.26. The van der Waals surface area contributed by atoms with Gasteiger partial charge in [0.1, 0.15) is 0 Å². The number of carbonyl (C=O) groups is 1. The Balaban J connectivity index is 1.68. The molecule has 0 aromatic rings. The number of aliphatic hydroxyl groups is 1. The number of piperazine rings is 1. The van der Waals surface area contributed by atoms with Crippen molar-refractivity contribution in [1.29, 1.82) is 0 Å². The molecule has 1 aliphatic carbocycles. The zero-order chi connectivity index (χ0) is 17.5. The van der Waals surface area contributed by atoms with Gasteiger partial charge in [-0.1, -0.05) is 26.2 Å². The molecule has 6 heteroatoms. The first kappa shape index (κ1) is 19.5. The van der Waals surface area contributed by atoms with E-state index in [-0.39, 0.29) is 6.03 Å². The van der Waals surface area contributed by atoms with Gasteiger partial charge in [0.05, 0.1) is 6.10 Å². The lowest BCUT2D eigenvalue weighted by atomic mass is 9.84. The summed E-state index contributed by atoms with van der Waals surface area (Å²) in [6, 6.07) is 0.252. The summed E-state index contributed by atoms with van der Waals surface area (Å²) >= 11 is 0. The summed E-state index contributed by atoms with van der Waals surface area (Å²) < 4.78 is 0. The Kier molecular flexibility index (Phi) is 7.78. The number of carbonyl (C=O) groups excluding carboxylic acids is 1. The fourth-order valence-electron chi connectivity index (χ4n) is 3.86. The van der Waals surface area contributed by atoms with Crippen molar-refractivity contribution in [1.82, 2.24) is 20.0 Å².